The van der Waals surface area contributed by atoms with Crippen LogP contribution in [-0.4, -0.2) is 10.8 Å². The lowest BCUT2D eigenvalue weighted by atomic mass is 10.1. The summed E-state index contributed by atoms with van der Waals surface area (Å²) in [5.41, 5.74) is 0.623. The van der Waals surface area contributed by atoms with Crippen LogP contribution in [0.3, 0.4) is 0 Å². The van der Waals surface area contributed by atoms with Gasteiger partial charge in [-0.3, -0.25) is 14.9 Å². The molecule has 0 spiro atoms. The molecule has 5 nitrogen and oxygen atoms in total. The molecule has 2 aromatic rings. The highest BCUT2D eigenvalue weighted by atomic mass is 79.9. The number of amides is 1. The highest BCUT2D eigenvalue weighted by Gasteiger charge is 2.18. The van der Waals surface area contributed by atoms with Crippen LogP contribution in [-0.2, 0) is 0 Å². The first-order chi connectivity index (χ1) is 9.88. The summed E-state index contributed by atoms with van der Waals surface area (Å²) in [6, 6.07) is 8.03. The van der Waals surface area contributed by atoms with Gasteiger partial charge in [0.05, 0.1) is 10.5 Å². The van der Waals surface area contributed by atoms with E-state index in [9.17, 15) is 19.3 Å². The quantitative estimate of drug-likeness (QED) is 0.668. The minimum Gasteiger partial charge on any atom is -0.316 e. The van der Waals surface area contributed by atoms with Gasteiger partial charge < -0.3 is 5.32 Å². The molecule has 21 heavy (non-hydrogen) atoms. The minimum atomic E-state index is -0.680. The normalized spacial score (nSPS) is 10.2. The van der Waals surface area contributed by atoms with Gasteiger partial charge in [0.1, 0.15) is 11.5 Å². The summed E-state index contributed by atoms with van der Waals surface area (Å²) in [7, 11) is 0. The lowest BCUT2D eigenvalue weighted by Gasteiger charge is -2.08. The Balaban J connectivity index is 2.38. The van der Waals surface area contributed by atoms with Gasteiger partial charge in [-0.1, -0.05) is 11.6 Å². The highest BCUT2D eigenvalue weighted by Crippen LogP contribution is 2.26. The number of nitrogens with one attached hydrogen (secondary N) is 1. The van der Waals surface area contributed by atoms with Gasteiger partial charge in [0.2, 0.25) is 0 Å². The molecule has 0 aromatic heterocycles. The number of carbonyl (C=O) groups excluding carboxylic acids is 1. The molecule has 0 saturated carbocycles. The minimum absolute atomic E-state index is 0.182. The van der Waals surface area contributed by atoms with Crippen molar-refractivity contribution in [1.82, 2.24) is 0 Å². The number of anilines is 1. The first-order valence-corrected chi connectivity index (χ1v) is 6.69. The third-order valence-electron chi connectivity index (χ3n) is 2.77. The van der Waals surface area contributed by atoms with Crippen molar-refractivity contribution in [3.8, 4) is 0 Å². The Hall–Kier alpha value is -2.28. The smallest absolute Gasteiger partial charge is 0.292 e. The number of aryl methyl sites for hydroxylation is 1. The number of hydrogen-bond donors (Lipinski definition) is 1. The third-order valence-corrected chi connectivity index (χ3v) is 3.46. The third kappa shape index (κ3) is 3.43. The van der Waals surface area contributed by atoms with E-state index in [1.165, 1.54) is 0 Å². The predicted octanol–water partition coefficient (Wildman–Crippen LogP) is 4.06. The van der Waals surface area contributed by atoms with Crippen LogP contribution in [0.5, 0.6) is 0 Å². The molecule has 0 heterocycles. The van der Waals surface area contributed by atoms with Crippen molar-refractivity contribution < 1.29 is 14.1 Å². The Morgan fingerprint density at radius 1 is 1.29 bits per heavy atom. The van der Waals surface area contributed by atoms with Crippen LogP contribution in [0.15, 0.2) is 40.9 Å². The molecule has 0 aliphatic rings. The molecule has 2 aromatic carbocycles. The summed E-state index contributed by atoms with van der Waals surface area (Å²) >= 11 is 3.24. The summed E-state index contributed by atoms with van der Waals surface area (Å²) < 4.78 is 13.8. The number of carbonyl (C=O) groups is 1. The lowest BCUT2D eigenvalue weighted by Crippen LogP contribution is -2.14. The molecule has 0 saturated heterocycles. The van der Waals surface area contributed by atoms with E-state index < -0.39 is 16.6 Å². The second kappa shape index (κ2) is 6.01. The number of nitro groups is 1. The van der Waals surface area contributed by atoms with Crippen molar-refractivity contribution in [2.24, 2.45) is 0 Å². The Morgan fingerprint density at radius 3 is 2.67 bits per heavy atom. The van der Waals surface area contributed by atoms with Crippen molar-refractivity contribution in [3.05, 3.63) is 67.9 Å². The van der Waals surface area contributed by atoms with Crippen LogP contribution in [0, 0.1) is 22.9 Å². The van der Waals surface area contributed by atoms with E-state index in [-0.39, 0.29) is 11.4 Å². The fourth-order valence-corrected chi connectivity index (χ4v) is 2.20. The maximum atomic E-state index is 13.2. The molecular formula is C14H10BrFN2O3. The molecule has 0 fully saturated rings. The van der Waals surface area contributed by atoms with Gasteiger partial charge in [-0.05, 0) is 41.1 Å². The molecule has 7 heteroatoms. The fourth-order valence-electron chi connectivity index (χ4n) is 1.77. The van der Waals surface area contributed by atoms with E-state index in [0.29, 0.717) is 10.0 Å². The summed E-state index contributed by atoms with van der Waals surface area (Å²) in [6.07, 6.45) is 0. The van der Waals surface area contributed by atoms with Gasteiger partial charge in [-0.25, -0.2) is 4.39 Å². The number of hydrogen-bond acceptors (Lipinski definition) is 3. The molecule has 0 aliphatic carbocycles. The molecule has 0 atom stereocenters. The Labute approximate surface area is 128 Å². The van der Waals surface area contributed by atoms with E-state index in [4.69, 9.17) is 0 Å². The Kier molecular flexibility index (Phi) is 4.32. The zero-order chi connectivity index (χ0) is 15.6. The van der Waals surface area contributed by atoms with Gasteiger partial charge in [-0.15, -0.1) is 0 Å². The Bertz CT molecular complexity index is 734. The largest absolute Gasteiger partial charge is 0.316 e. The van der Waals surface area contributed by atoms with E-state index in [2.05, 4.69) is 21.2 Å². The molecule has 2 rings (SSSR count). The van der Waals surface area contributed by atoms with Crippen LogP contribution >= 0.6 is 15.9 Å². The topological polar surface area (TPSA) is 72.2 Å². The maximum Gasteiger partial charge on any atom is 0.292 e. The molecule has 0 aliphatic heterocycles. The maximum absolute atomic E-state index is 13.2. The Morgan fingerprint density at radius 2 is 2.00 bits per heavy atom. The summed E-state index contributed by atoms with van der Waals surface area (Å²) in [4.78, 5) is 22.4. The average Bonchev–Trinajstić information content (AvgIpc) is 2.41. The van der Waals surface area contributed by atoms with Crippen LogP contribution in [0.25, 0.3) is 0 Å². The van der Waals surface area contributed by atoms with Gasteiger partial charge in [0.25, 0.3) is 11.6 Å². The molecule has 108 valence electrons. The van der Waals surface area contributed by atoms with Crippen molar-refractivity contribution in [3.63, 3.8) is 0 Å². The zero-order valence-electron chi connectivity index (χ0n) is 10.9. The first kappa shape index (κ1) is 15.1. The molecule has 0 unspecified atom stereocenters. The van der Waals surface area contributed by atoms with Gasteiger partial charge >= 0.3 is 0 Å². The number of benzene rings is 2. The number of rotatable bonds is 3. The lowest BCUT2D eigenvalue weighted by molar-refractivity contribution is -0.384. The first-order valence-electron chi connectivity index (χ1n) is 5.90. The van der Waals surface area contributed by atoms with Crippen LogP contribution in [0.1, 0.15) is 15.9 Å². The summed E-state index contributed by atoms with van der Waals surface area (Å²) in [5.74, 6) is -1.22. The van der Waals surface area contributed by atoms with Crippen molar-refractivity contribution in [2.75, 3.05) is 5.32 Å². The second-order valence-corrected chi connectivity index (χ2v) is 5.21. The van der Waals surface area contributed by atoms with Gasteiger partial charge in [0, 0.05) is 16.6 Å². The van der Waals surface area contributed by atoms with Crippen molar-refractivity contribution >= 4 is 33.2 Å². The van der Waals surface area contributed by atoms with E-state index in [1.807, 2.05) is 13.0 Å². The zero-order valence-corrected chi connectivity index (χ0v) is 12.5. The van der Waals surface area contributed by atoms with E-state index >= 15 is 0 Å². The SMILES string of the molecule is Cc1ccc(Br)c(C(=O)Nc2cc(F)ccc2[N+](=O)[O-])c1. The molecular weight excluding hydrogens is 343 g/mol. The molecule has 1 N–H and O–H groups in total. The fraction of sp³-hybridized carbons (Fsp3) is 0.0714. The summed E-state index contributed by atoms with van der Waals surface area (Å²) in [6.45, 7) is 1.81. The van der Waals surface area contributed by atoms with E-state index in [0.717, 1.165) is 23.8 Å². The number of nitro benzene ring substituents is 1. The second-order valence-electron chi connectivity index (χ2n) is 4.36. The van der Waals surface area contributed by atoms with Crippen molar-refractivity contribution in [2.45, 2.75) is 6.92 Å². The van der Waals surface area contributed by atoms with Crippen LogP contribution in [0.2, 0.25) is 0 Å². The summed E-state index contributed by atoms with van der Waals surface area (Å²) in [5, 5.41) is 13.3. The number of halogens is 2. The standard InChI is InChI=1S/C14H10BrFN2O3/c1-8-2-4-11(15)10(6-8)14(19)17-12-7-9(16)3-5-13(12)18(20)21/h2-7H,1H3,(H,17,19). The molecule has 0 radical (unpaired) electrons. The monoisotopic (exact) mass is 352 g/mol. The molecule has 1 amide bonds. The predicted molar refractivity (Wildman–Crippen MR) is 79.9 cm³/mol. The van der Waals surface area contributed by atoms with Crippen LogP contribution < -0.4 is 5.32 Å². The highest BCUT2D eigenvalue weighted by molar-refractivity contribution is 9.10. The number of nitrogens with zero attached hydrogens (tertiary/aromatic N) is 1. The van der Waals surface area contributed by atoms with E-state index in [1.54, 1.807) is 12.1 Å². The van der Waals surface area contributed by atoms with Crippen LogP contribution in [0.4, 0.5) is 15.8 Å². The van der Waals surface area contributed by atoms with Crippen molar-refractivity contribution in [1.29, 1.82) is 0 Å². The molecule has 0 bridgehead atoms. The van der Waals surface area contributed by atoms with Gasteiger partial charge in [0.15, 0.2) is 0 Å². The average molecular weight is 353 g/mol. The van der Waals surface area contributed by atoms with Gasteiger partial charge in [-0.2, -0.15) is 0 Å².